The van der Waals surface area contributed by atoms with E-state index in [2.05, 4.69) is 55.2 Å². The summed E-state index contributed by atoms with van der Waals surface area (Å²) in [7, 11) is 0.994. The van der Waals surface area contributed by atoms with Gasteiger partial charge in [-0.1, -0.05) is 26.0 Å². The van der Waals surface area contributed by atoms with E-state index >= 15 is 0 Å². The summed E-state index contributed by atoms with van der Waals surface area (Å²) in [5.74, 6) is 2.80. The number of rotatable bonds is 10. The molecule has 1 aliphatic heterocycles. The molecular weight excluding hydrogens is 511 g/mol. The lowest BCUT2D eigenvalue weighted by molar-refractivity contribution is 0.0852. The Morgan fingerprint density at radius 1 is 1.10 bits per heavy atom. The Balaban J connectivity index is 1.68. The van der Waals surface area contributed by atoms with Crippen LogP contribution in [0.5, 0.6) is 11.5 Å². The summed E-state index contributed by atoms with van der Waals surface area (Å²) in [6, 6.07) is 11.9. The lowest BCUT2D eigenvalue weighted by atomic mass is 9.88. The van der Waals surface area contributed by atoms with Gasteiger partial charge in [0.05, 0.1) is 32.2 Å². The third kappa shape index (κ3) is 6.78. The summed E-state index contributed by atoms with van der Waals surface area (Å²) >= 11 is 0. The van der Waals surface area contributed by atoms with Gasteiger partial charge < -0.3 is 35.8 Å². The van der Waals surface area contributed by atoms with E-state index < -0.39 is 8.15 Å². The van der Waals surface area contributed by atoms with Gasteiger partial charge in [-0.3, -0.25) is 0 Å². The number of hydrogen-bond acceptors (Lipinski definition) is 9. The molecule has 0 aliphatic carbocycles. The SMILES string of the molecule is COc1cc(C2CCOCC2)c(C)cc1Nc1nc(N)c(C(C)=N)c(Nc2ccccc2OP(C)C(C)C)n1. The molecule has 0 saturated carbocycles. The molecule has 0 spiro atoms. The van der Waals surface area contributed by atoms with E-state index in [4.69, 9.17) is 30.1 Å². The van der Waals surface area contributed by atoms with Crippen molar-refractivity contribution in [2.45, 2.75) is 52.1 Å². The zero-order chi connectivity index (χ0) is 28.1. The molecule has 1 unspecified atom stereocenters. The Morgan fingerprint density at radius 3 is 2.49 bits per heavy atom. The predicted molar refractivity (Wildman–Crippen MR) is 161 cm³/mol. The van der Waals surface area contributed by atoms with Crippen molar-refractivity contribution in [3.63, 3.8) is 0 Å². The van der Waals surface area contributed by atoms with Crippen LogP contribution in [0.2, 0.25) is 0 Å². The Labute approximate surface area is 232 Å². The molecular formula is C29H39N6O3P. The summed E-state index contributed by atoms with van der Waals surface area (Å²) in [5, 5.41) is 15.0. The maximum atomic E-state index is 8.33. The first kappa shape index (κ1) is 28.6. The molecule has 1 aliphatic rings. The minimum absolute atomic E-state index is 0.204. The van der Waals surface area contributed by atoms with E-state index in [9.17, 15) is 0 Å². The predicted octanol–water partition coefficient (Wildman–Crippen LogP) is 6.96. The number of anilines is 5. The number of para-hydroxylation sites is 2. The number of nitrogens with two attached hydrogens (primary N) is 1. The zero-order valence-corrected chi connectivity index (χ0v) is 24.5. The van der Waals surface area contributed by atoms with Gasteiger partial charge in [-0.15, -0.1) is 0 Å². The van der Waals surface area contributed by atoms with Gasteiger partial charge in [-0.05, 0) is 74.7 Å². The summed E-state index contributed by atoms with van der Waals surface area (Å²) in [4.78, 5) is 9.22. The van der Waals surface area contributed by atoms with Gasteiger partial charge in [0.25, 0.3) is 0 Å². The maximum Gasteiger partial charge on any atom is 0.231 e. The molecule has 3 aromatic rings. The number of benzene rings is 2. The van der Waals surface area contributed by atoms with Gasteiger partial charge in [0, 0.05) is 24.6 Å². The minimum atomic E-state index is -0.662. The highest BCUT2D eigenvalue weighted by molar-refractivity contribution is 7.52. The number of aryl methyl sites for hydroxylation is 1. The molecule has 0 amide bonds. The molecule has 5 N–H and O–H groups in total. The molecule has 39 heavy (non-hydrogen) atoms. The molecule has 10 heteroatoms. The van der Waals surface area contributed by atoms with Crippen molar-refractivity contribution >= 4 is 42.8 Å². The molecule has 1 atom stereocenters. The van der Waals surface area contributed by atoms with Gasteiger partial charge in [0.2, 0.25) is 5.95 Å². The number of hydrogen-bond donors (Lipinski definition) is 4. The number of nitrogens with one attached hydrogen (secondary N) is 3. The highest BCUT2D eigenvalue weighted by atomic mass is 31.1. The van der Waals surface area contributed by atoms with Gasteiger partial charge in [-0.25, -0.2) is 0 Å². The summed E-state index contributed by atoms with van der Waals surface area (Å²) < 4.78 is 17.6. The average Bonchev–Trinajstić information content (AvgIpc) is 2.90. The van der Waals surface area contributed by atoms with Crippen LogP contribution in [0.1, 0.15) is 56.2 Å². The van der Waals surface area contributed by atoms with Crippen molar-refractivity contribution in [1.29, 1.82) is 5.41 Å². The van der Waals surface area contributed by atoms with E-state index in [1.807, 2.05) is 24.3 Å². The second kappa shape index (κ2) is 12.6. The fourth-order valence-electron chi connectivity index (χ4n) is 4.57. The van der Waals surface area contributed by atoms with Crippen molar-refractivity contribution < 1.29 is 14.0 Å². The normalized spacial score (nSPS) is 14.6. The lowest BCUT2D eigenvalue weighted by Gasteiger charge is -2.25. The number of nitrogens with zero attached hydrogens (tertiary/aromatic N) is 2. The summed E-state index contributed by atoms with van der Waals surface area (Å²) in [6.45, 7) is 11.7. The van der Waals surface area contributed by atoms with Crippen molar-refractivity contribution in [3.8, 4) is 11.5 Å². The fraction of sp³-hybridized carbons (Fsp3) is 0.414. The molecule has 4 rings (SSSR count). The molecule has 1 saturated heterocycles. The molecule has 1 fully saturated rings. The lowest BCUT2D eigenvalue weighted by Crippen LogP contribution is -2.15. The van der Waals surface area contributed by atoms with Crippen LogP contribution in [-0.4, -0.2) is 48.3 Å². The molecule has 0 bridgehead atoms. The van der Waals surface area contributed by atoms with Crippen molar-refractivity contribution in [2.24, 2.45) is 0 Å². The highest BCUT2D eigenvalue weighted by Crippen LogP contribution is 2.43. The molecule has 2 aromatic carbocycles. The number of methoxy groups -OCH3 is 1. The van der Waals surface area contributed by atoms with Gasteiger partial charge in [0.1, 0.15) is 23.1 Å². The smallest absolute Gasteiger partial charge is 0.231 e. The first-order chi connectivity index (χ1) is 18.7. The van der Waals surface area contributed by atoms with Gasteiger partial charge in [0.15, 0.2) is 0 Å². The van der Waals surface area contributed by atoms with E-state index in [-0.39, 0.29) is 11.5 Å². The van der Waals surface area contributed by atoms with Crippen molar-refractivity contribution in [3.05, 3.63) is 53.1 Å². The van der Waals surface area contributed by atoms with E-state index in [0.717, 1.165) is 48.7 Å². The Hall–Kier alpha value is -3.42. The van der Waals surface area contributed by atoms with Gasteiger partial charge >= 0.3 is 0 Å². The molecule has 208 valence electrons. The van der Waals surface area contributed by atoms with E-state index in [1.54, 1.807) is 14.0 Å². The maximum absolute atomic E-state index is 8.33. The largest absolute Gasteiger partial charge is 0.495 e. The Bertz CT molecular complexity index is 1330. The van der Waals surface area contributed by atoms with E-state index in [0.29, 0.717) is 34.7 Å². The van der Waals surface area contributed by atoms with Crippen molar-refractivity contribution in [1.82, 2.24) is 9.97 Å². The second-order valence-electron chi connectivity index (χ2n) is 10.1. The third-order valence-corrected chi connectivity index (χ3v) is 8.86. The topological polar surface area (TPSA) is 127 Å². The minimum Gasteiger partial charge on any atom is -0.495 e. The van der Waals surface area contributed by atoms with Crippen LogP contribution in [0.4, 0.5) is 29.0 Å². The molecule has 0 radical (unpaired) electrons. The van der Waals surface area contributed by atoms with Crippen LogP contribution in [0.25, 0.3) is 0 Å². The first-order valence-corrected chi connectivity index (χ1v) is 15.0. The summed E-state index contributed by atoms with van der Waals surface area (Å²) in [6.07, 6.45) is 2.00. The molecule has 1 aromatic heterocycles. The van der Waals surface area contributed by atoms with Crippen molar-refractivity contribution in [2.75, 3.05) is 43.4 Å². The van der Waals surface area contributed by atoms with Crippen LogP contribution in [-0.2, 0) is 4.74 Å². The monoisotopic (exact) mass is 550 g/mol. The van der Waals surface area contributed by atoms with E-state index in [1.165, 1.54) is 5.56 Å². The van der Waals surface area contributed by atoms with Crippen LogP contribution >= 0.6 is 8.15 Å². The standard InChI is InChI=1S/C29H39N6O3P/c1-17(2)39(6)38-24-10-8-7-9-22(24)32-28-26(19(4)30)27(31)34-29(35-28)33-23-15-18(3)21(16-25(23)36-5)20-11-13-37-14-12-20/h7-10,15-17,20,30H,11-14H2,1-6H3,(H4,31,32,33,34,35). The molecule has 2 heterocycles. The fourth-order valence-corrected chi connectivity index (χ4v) is 5.25. The second-order valence-corrected chi connectivity index (χ2v) is 12.4. The zero-order valence-electron chi connectivity index (χ0n) is 23.6. The number of ether oxygens (including phenoxy) is 2. The Morgan fingerprint density at radius 2 is 1.82 bits per heavy atom. The number of aromatic nitrogens is 2. The van der Waals surface area contributed by atoms with Crippen LogP contribution in [0, 0.1) is 12.3 Å². The first-order valence-electron chi connectivity index (χ1n) is 13.2. The third-order valence-electron chi connectivity index (χ3n) is 6.92. The van der Waals surface area contributed by atoms with Crippen LogP contribution in [0.3, 0.4) is 0 Å². The highest BCUT2D eigenvalue weighted by Gasteiger charge is 2.22. The molecule has 9 nitrogen and oxygen atoms in total. The average molecular weight is 551 g/mol. The van der Waals surface area contributed by atoms with Crippen LogP contribution < -0.4 is 25.6 Å². The van der Waals surface area contributed by atoms with Crippen LogP contribution in [0.15, 0.2) is 36.4 Å². The number of nitrogen functional groups attached to an aromatic ring is 1. The quantitative estimate of drug-likeness (QED) is 0.158. The summed E-state index contributed by atoms with van der Waals surface area (Å²) in [5.41, 5.74) is 11.4. The Kier molecular flexibility index (Phi) is 9.25. The van der Waals surface area contributed by atoms with Gasteiger partial charge in [-0.2, -0.15) is 9.97 Å².